The standard InChI is InChI=1S/C9H15NO/c10-7-6-2-5-11-8(6)9(7)3-1-4-9/h6-8H,1-5,10H2/t6-,7+,8+/m1/s1. The Hall–Kier alpha value is -0.0800. The SMILES string of the molecule is N[C@H]1[C@H]2CCO[C@@H]2C12CCC2. The molecule has 1 spiro atoms. The third-order valence-corrected chi connectivity index (χ3v) is 4.11. The minimum Gasteiger partial charge on any atom is -0.377 e. The van der Waals surface area contributed by atoms with Crippen LogP contribution in [-0.2, 0) is 4.74 Å². The quantitative estimate of drug-likeness (QED) is 0.561. The van der Waals surface area contributed by atoms with E-state index in [0.717, 1.165) is 12.5 Å². The molecule has 0 radical (unpaired) electrons. The van der Waals surface area contributed by atoms with Gasteiger partial charge in [0.1, 0.15) is 0 Å². The van der Waals surface area contributed by atoms with Crippen molar-refractivity contribution in [1.82, 2.24) is 0 Å². The average molecular weight is 153 g/mol. The number of hydrogen-bond donors (Lipinski definition) is 1. The van der Waals surface area contributed by atoms with Crippen LogP contribution in [-0.4, -0.2) is 18.8 Å². The van der Waals surface area contributed by atoms with E-state index in [1.807, 2.05) is 0 Å². The zero-order valence-electron chi connectivity index (χ0n) is 6.75. The van der Waals surface area contributed by atoms with Gasteiger partial charge in [0.05, 0.1) is 6.10 Å². The minimum absolute atomic E-state index is 0.459. The summed E-state index contributed by atoms with van der Waals surface area (Å²) >= 11 is 0. The van der Waals surface area contributed by atoms with E-state index in [9.17, 15) is 0 Å². The largest absolute Gasteiger partial charge is 0.377 e. The van der Waals surface area contributed by atoms with Gasteiger partial charge in [0.25, 0.3) is 0 Å². The van der Waals surface area contributed by atoms with E-state index < -0.39 is 0 Å². The summed E-state index contributed by atoms with van der Waals surface area (Å²) in [7, 11) is 0. The lowest BCUT2D eigenvalue weighted by atomic mass is 9.47. The topological polar surface area (TPSA) is 35.2 Å². The van der Waals surface area contributed by atoms with Crippen LogP contribution < -0.4 is 5.73 Å². The highest BCUT2D eigenvalue weighted by atomic mass is 16.5. The molecular formula is C9H15NO. The molecule has 1 saturated heterocycles. The van der Waals surface area contributed by atoms with Crippen LogP contribution in [0.4, 0.5) is 0 Å². The predicted octanol–water partition coefficient (Wildman–Crippen LogP) is 0.903. The first-order chi connectivity index (χ1) is 5.34. The van der Waals surface area contributed by atoms with Crippen molar-refractivity contribution in [3.05, 3.63) is 0 Å². The van der Waals surface area contributed by atoms with E-state index >= 15 is 0 Å². The molecular weight excluding hydrogens is 138 g/mol. The normalized spacial score (nSPS) is 51.5. The average Bonchev–Trinajstić information content (AvgIpc) is 2.29. The Morgan fingerprint density at radius 2 is 2.18 bits per heavy atom. The summed E-state index contributed by atoms with van der Waals surface area (Å²) in [6.07, 6.45) is 5.81. The smallest absolute Gasteiger partial charge is 0.0690 e. The van der Waals surface area contributed by atoms with Crippen LogP contribution >= 0.6 is 0 Å². The van der Waals surface area contributed by atoms with Crippen LogP contribution in [0.5, 0.6) is 0 Å². The fourth-order valence-electron chi connectivity index (χ4n) is 3.27. The van der Waals surface area contributed by atoms with E-state index in [2.05, 4.69) is 0 Å². The van der Waals surface area contributed by atoms with E-state index in [1.165, 1.54) is 25.7 Å². The monoisotopic (exact) mass is 153 g/mol. The van der Waals surface area contributed by atoms with Gasteiger partial charge in [0, 0.05) is 24.0 Å². The lowest BCUT2D eigenvalue weighted by Crippen LogP contribution is -2.69. The van der Waals surface area contributed by atoms with Crippen LogP contribution in [0.3, 0.4) is 0 Å². The van der Waals surface area contributed by atoms with Crippen molar-refractivity contribution < 1.29 is 4.74 Å². The molecule has 3 rings (SSSR count). The summed E-state index contributed by atoms with van der Waals surface area (Å²) in [5, 5.41) is 0. The highest BCUT2D eigenvalue weighted by Crippen LogP contribution is 2.61. The van der Waals surface area contributed by atoms with Crippen LogP contribution in [0.1, 0.15) is 25.7 Å². The molecule has 2 aliphatic carbocycles. The summed E-state index contributed by atoms with van der Waals surface area (Å²) < 4.78 is 5.70. The Morgan fingerprint density at radius 1 is 1.36 bits per heavy atom. The van der Waals surface area contributed by atoms with Crippen molar-refractivity contribution in [3.63, 3.8) is 0 Å². The molecule has 0 unspecified atom stereocenters. The van der Waals surface area contributed by atoms with Crippen molar-refractivity contribution in [1.29, 1.82) is 0 Å². The van der Waals surface area contributed by atoms with E-state index in [-0.39, 0.29) is 0 Å². The molecule has 2 N–H and O–H groups in total. The van der Waals surface area contributed by atoms with Crippen molar-refractivity contribution >= 4 is 0 Å². The molecule has 2 nitrogen and oxygen atoms in total. The Bertz CT molecular complexity index is 188. The molecule has 62 valence electrons. The summed E-state index contributed by atoms with van der Waals surface area (Å²) in [5.41, 5.74) is 6.58. The molecule has 3 fully saturated rings. The molecule has 0 aromatic heterocycles. The van der Waals surface area contributed by atoms with Crippen molar-refractivity contribution in [2.45, 2.75) is 37.8 Å². The molecule has 0 amide bonds. The molecule has 3 atom stereocenters. The Kier molecular flexibility index (Phi) is 1.06. The van der Waals surface area contributed by atoms with E-state index in [4.69, 9.17) is 10.5 Å². The first-order valence-corrected chi connectivity index (χ1v) is 4.72. The highest BCUT2D eigenvalue weighted by Gasteiger charge is 2.65. The number of rotatable bonds is 0. The van der Waals surface area contributed by atoms with Crippen molar-refractivity contribution in [3.8, 4) is 0 Å². The van der Waals surface area contributed by atoms with Crippen LogP contribution in [0.15, 0.2) is 0 Å². The Balaban J connectivity index is 1.86. The van der Waals surface area contributed by atoms with Gasteiger partial charge in [-0.05, 0) is 19.3 Å². The number of hydrogen-bond acceptors (Lipinski definition) is 2. The van der Waals surface area contributed by atoms with Gasteiger partial charge in [0.2, 0.25) is 0 Å². The van der Waals surface area contributed by atoms with Crippen LogP contribution in [0.2, 0.25) is 0 Å². The van der Waals surface area contributed by atoms with Crippen molar-refractivity contribution in [2.24, 2.45) is 17.1 Å². The van der Waals surface area contributed by atoms with Gasteiger partial charge < -0.3 is 10.5 Å². The van der Waals surface area contributed by atoms with Crippen LogP contribution in [0, 0.1) is 11.3 Å². The minimum atomic E-state index is 0.459. The first kappa shape index (κ1) is 6.44. The van der Waals surface area contributed by atoms with Gasteiger partial charge in [-0.25, -0.2) is 0 Å². The highest BCUT2D eigenvalue weighted by molar-refractivity contribution is 5.17. The molecule has 1 heterocycles. The Morgan fingerprint density at radius 3 is 2.82 bits per heavy atom. The second kappa shape index (κ2) is 1.80. The predicted molar refractivity (Wildman–Crippen MR) is 42.1 cm³/mol. The van der Waals surface area contributed by atoms with Gasteiger partial charge >= 0.3 is 0 Å². The maximum Gasteiger partial charge on any atom is 0.0690 e. The molecule has 2 saturated carbocycles. The van der Waals surface area contributed by atoms with Gasteiger partial charge in [-0.3, -0.25) is 0 Å². The summed E-state index contributed by atoms with van der Waals surface area (Å²) in [6.45, 7) is 0.963. The fourth-order valence-corrected chi connectivity index (χ4v) is 3.27. The third kappa shape index (κ3) is 0.541. The second-order valence-electron chi connectivity index (χ2n) is 4.36. The lowest BCUT2D eigenvalue weighted by Gasteiger charge is -2.62. The van der Waals surface area contributed by atoms with E-state index in [0.29, 0.717) is 17.6 Å². The number of ether oxygens (including phenoxy) is 1. The first-order valence-electron chi connectivity index (χ1n) is 4.72. The Labute approximate surface area is 67.1 Å². The van der Waals surface area contributed by atoms with Gasteiger partial charge in [0.15, 0.2) is 0 Å². The molecule has 2 heteroatoms. The zero-order valence-corrected chi connectivity index (χ0v) is 6.75. The number of fused-ring (bicyclic) bond motifs is 2. The van der Waals surface area contributed by atoms with Crippen LogP contribution in [0.25, 0.3) is 0 Å². The molecule has 1 aliphatic heterocycles. The van der Waals surface area contributed by atoms with Gasteiger partial charge in [-0.15, -0.1) is 0 Å². The molecule has 0 aromatic rings. The molecule has 11 heavy (non-hydrogen) atoms. The van der Waals surface area contributed by atoms with Crippen molar-refractivity contribution in [2.75, 3.05) is 6.61 Å². The van der Waals surface area contributed by atoms with E-state index in [1.54, 1.807) is 0 Å². The summed E-state index contributed by atoms with van der Waals surface area (Å²) in [5.74, 6) is 0.718. The zero-order chi connectivity index (χ0) is 7.47. The molecule has 3 aliphatic rings. The maximum absolute atomic E-state index is 6.12. The molecule has 0 bridgehead atoms. The second-order valence-corrected chi connectivity index (χ2v) is 4.36. The van der Waals surface area contributed by atoms with Gasteiger partial charge in [-0.1, -0.05) is 6.42 Å². The third-order valence-electron chi connectivity index (χ3n) is 4.11. The van der Waals surface area contributed by atoms with Gasteiger partial charge in [-0.2, -0.15) is 0 Å². The lowest BCUT2D eigenvalue weighted by molar-refractivity contribution is -0.164. The maximum atomic E-state index is 6.12. The summed E-state index contributed by atoms with van der Waals surface area (Å²) in [6, 6.07) is 0.476. The summed E-state index contributed by atoms with van der Waals surface area (Å²) in [4.78, 5) is 0. The fraction of sp³-hybridized carbons (Fsp3) is 1.00. The number of nitrogens with two attached hydrogens (primary N) is 1. The molecule has 0 aromatic carbocycles.